The van der Waals surface area contributed by atoms with Crippen molar-refractivity contribution in [1.82, 2.24) is 9.80 Å². The first-order chi connectivity index (χ1) is 9.70. The minimum atomic E-state index is 0.251. The van der Waals surface area contributed by atoms with Crippen LogP contribution in [0.3, 0.4) is 0 Å². The normalized spacial score (nSPS) is 21.1. The third-order valence-electron chi connectivity index (χ3n) is 4.42. The second-order valence-corrected chi connectivity index (χ2v) is 6.31. The Balaban J connectivity index is 1.46. The van der Waals surface area contributed by atoms with E-state index in [1.165, 1.54) is 24.9 Å². The minimum absolute atomic E-state index is 0.251. The molecule has 108 valence electrons. The van der Waals surface area contributed by atoms with Crippen LogP contribution < -0.4 is 0 Å². The van der Waals surface area contributed by atoms with E-state index < -0.39 is 0 Å². The van der Waals surface area contributed by atoms with Crippen molar-refractivity contribution >= 4 is 5.78 Å². The van der Waals surface area contributed by atoms with Crippen molar-refractivity contribution in [3.63, 3.8) is 0 Å². The van der Waals surface area contributed by atoms with Gasteiger partial charge in [0.2, 0.25) is 0 Å². The van der Waals surface area contributed by atoms with E-state index in [-0.39, 0.29) is 5.78 Å². The van der Waals surface area contributed by atoms with Gasteiger partial charge in [0.15, 0.2) is 5.78 Å². The van der Waals surface area contributed by atoms with E-state index in [0.717, 1.165) is 37.7 Å². The Morgan fingerprint density at radius 3 is 2.25 bits per heavy atom. The lowest BCUT2D eigenvalue weighted by Gasteiger charge is -2.34. The Morgan fingerprint density at radius 1 is 1.05 bits per heavy atom. The summed E-state index contributed by atoms with van der Waals surface area (Å²) in [5.41, 5.74) is 2.05. The molecular formula is C17H24N2O. The minimum Gasteiger partial charge on any atom is -0.301 e. The summed E-state index contributed by atoms with van der Waals surface area (Å²) >= 11 is 0. The number of ketones is 1. The summed E-state index contributed by atoms with van der Waals surface area (Å²) in [4.78, 5) is 17.1. The van der Waals surface area contributed by atoms with Gasteiger partial charge in [-0.15, -0.1) is 0 Å². The van der Waals surface area contributed by atoms with Crippen LogP contribution in [0.15, 0.2) is 24.3 Å². The Hall–Kier alpha value is -1.19. The lowest BCUT2D eigenvalue weighted by atomic mass is 10.1. The van der Waals surface area contributed by atoms with Crippen LogP contribution in [0, 0.1) is 12.8 Å². The van der Waals surface area contributed by atoms with Gasteiger partial charge in [-0.2, -0.15) is 0 Å². The zero-order valence-corrected chi connectivity index (χ0v) is 12.3. The molecule has 1 aromatic rings. The third kappa shape index (κ3) is 3.68. The van der Waals surface area contributed by atoms with E-state index in [1.807, 2.05) is 31.2 Å². The predicted molar refractivity (Wildman–Crippen MR) is 81.1 cm³/mol. The van der Waals surface area contributed by atoms with Crippen LogP contribution in [0.2, 0.25) is 0 Å². The van der Waals surface area contributed by atoms with Crippen LogP contribution in [0.25, 0.3) is 0 Å². The van der Waals surface area contributed by atoms with Crippen molar-refractivity contribution < 1.29 is 4.79 Å². The molecule has 0 N–H and O–H groups in total. The monoisotopic (exact) mass is 272 g/mol. The third-order valence-corrected chi connectivity index (χ3v) is 4.42. The predicted octanol–water partition coefficient (Wildman–Crippen LogP) is 2.21. The van der Waals surface area contributed by atoms with Gasteiger partial charge >= 0.3 is 0 Å². The number of rotatable bonds is 5. The molecule has 0 radical (unpaired) electrons. The van der Waals surface area contributed by atoms with Crippen LogP contribution in [-0.4, -0.2) is 54.9 Å². The number of hydrogen-bond donors (Lipinski definition) is 0. The molecule has 1 aromatic carbocycles. The summed E-state index contributed by atoms with van der Waals surface area (Å²) in [6.45, 7) is 8.21. The summed E-state index contributed by atoms with van der Waals surface area (Å²) in [6.07, 6.45) is 2.85. The molecule has 1 heterocycles. The van der Waals surface area contributed by atoms with Gasteiger partial charge in [0.05, 0.1) is 6.54 Å². The second-order valence-electron chi connectivity index (χ2n) is 6.31. The molecule has 20 heavy (non-hydrogen) atoms. The quantitative estimate of drug-likeness (QED) is 0.768. The standard InChI is InChI=1S/C17H24N2O/c1-14-2-6-16(7-3-14)17(20)13-19-10-8-18(9-11-19)12-15-4-5-15/h2-3,6-7,15H,4-5,8-13H2,1H3. The molecule has 1 saturated heterocycles. The molecule has 1 aliphatic heterocycles. The zero-order valence-electron chi connectivity index (χ0n) is 12.3. The average Bonchev–Trinajstić information content (AvgIpc) is 3.26. The summed E-state index contributed by atoms with van der Waals surface area (Å²) < 4.78 is 0. The summed E-state index contributed by atoms with van der Waals surface area (Å²) in [6, 6.07) is 7.92. The number of nitrogens with zero attached hydrogens (tertiary/aromatic N) is 2. The van der Waals surface area contributed by atoms with E-state index in [1.54, 1.807) is 0 Å². The van der Waals surface area contributed by atoms with E-state index in [0.29, 0.717) is 6.54 Å². The average molecular weight is 272 g/mol. The topological polar surface area (TPSA) is 23.6 Å². The molecule has 2 fully saturated rings. The Kier molecular flexibility index (Phi) is 4.18. The number of piperazine rings is 1. The van der Waals surface area contributed by atoms with Crippen LogP contribution in [-0.2, 0) is 0 Å². The highest BCUT2D eigenvalue weighted by molar-refractivity contribution is 5.97. The molecule has 3 heteroatoms. The molecular weight excluding hydrogens is 248 g/mol. The molecule has 3 nitrogen and oxygen atoms in total. The molecule has 0 bridgehead atoms. The number of benzene rings is 1. The van der Waals surface area contributed by atoms with Crippen molar-refractivity contribution in [3.8, 4) is 0 Å². The van der Waals surface area contributed by atoms with Crippen molar-refractivity contribution in [2.75, 3.05) is 39.3 Å². The molecule has 1 saturated carbocycles. The van der Waals surface area contributed by atoms with Gasteiger partial charge in [-0.1, -0.05) is 29.8 Å². The second kappa shape index (κ2) is 6.06. The number of carbonyl (C=O) groups is 1. The van der Waals surface area contributed by atoms with Crippen molar-refractivity contribution in [2.24, 2.45) is 5.92 Å². The maximum Gasteiger partial charge on any atom is 0.176 e. The number of hydrogen-bond acceptors (Lipinski definition) is 3. The van der Waals surface area contributed by atoms with Gasteiger partial charge in [-0.3, -0.25) is 9.69 Å². The SMILES string of the molecule is Cc1ccc(C(=O)CN2CCN(CC3CC3)CC2)cc1. The Labute approximate surface area is 121 Å². The van der Waals surface area contributed by atoms with E-state index in [9.17, 15) is 4.79 Å². The first kappa shape index (κ1) is 13.8. The lowest BCUT2D eigenvalue weighted by molar-refractivity contribution is 0.0847. The van der Waals surface area contributed by atoms with Crippen molar-refractivity contribution in [3.05, 3.63) is 35.4 Å². The van der Waals surface area contributed by atoms with E-state index in [4.69, 9.17) is 0 Å². The van der Waals surface area contributed by atoms with E-state index in [2.05, 4.69) is 9.80 Å². The van der Waals surface area contributed by atoms with Gasteiger partial charge in [-0.25, -0.2) is 0 Å². The largest absolute Gasteiger partial charge is 0.301 e. The van der Waals surface area contributed by atoms with Crippen molar-refractivity contribution in [2.45, 2.75) is 19.8 Å². The fraction of sp³-hybridized carbons (Fsp3) is 0.588. The van der Waals surface area contributed by atoms with Crippen LogP contribution in [0.1, 0.15) is 28.8 Å². The molecule has 3 rings (SSSR count). The van der Waals surface area contributed by atoms with Gasteiger partial charge < -0.3 is 4.90 Å². The van der Waals surface area contributed by atoms with Gasteiger partial charge in [0.1, 0.15) is 0 Å². The maximum absolute atomic E-state index is 12.2. The van der Waals surface area contributed by atoms with Crippen LogP contribution in [0.4, 0.5) is 0 Å². The lowest BCUT2D eigenvalue weighted by Crippen LogP contribution is -2.48. The number of carbonyl (C=O) groups excluding carboxylic acids is 1. The molecule has 0 atom stereocenters. The Bertz CT molecular complexity index is 456. The van der Waals surface area contributed by atoms with Crippen LogP contribution in [0.5, 0.6) is 0 Å². The number of Topliss-reactive ketones (excluding diaryl/α,β-unsaturated/α-hetero) is 1. The first-order valence-corrected chi connectivity index (χ1v) is 7.75. The molecule has 2 aliphatic rings. The van der Waals surface area contributed by atoms with Crippen LogP contribution >= 0.6 is 0 Å². The number of aryl methyl sites for hydroxylation is 1. The maximum atomic E-state index is 12.2. The molecule has 0 aromatic heterocycles. The Morgan fingerprint density at radius 2 is 1.65 bits per heavy atom. The fourth-order valence-corrected chi connectivity index (χ4v) is 2.83. The summed E-state index contributed by atoms with van der Waals surface area (Å²) in [5, 5.41) is 0. The summed E-state index contributed by atoms with van der Waals surface area (Å²) in [7, 11) is 0. The fourth-order valence-electron chi connectivity index (χ4n) is 2.83. The highest BCUT2D eigenvalue weighted by Gasteiger charge is 2.26. The smallest absolute Gasteiger partial charge is 0.176 e. The first-order valence-electron chi connectivity index (χ1n) is 7.75. The van der Waals surface area contributed by atoms with Gasteiger partial charge in [0, 0.05) is 38.3 Å². The van der Waals surface area contributed by atoms with Gasteiger partial charge in [0.25, 0.3) is 0 Å². The van der Waals surface area contributed by atoms with Gasteiger partial charge in [-0.05, 0) is 25.7 Å². The molecule has 1 aliphatic carbocycles. The van der Waals surface area contributed by atoms with Crippen molar-refractivity contribution in [1.29, 1.82) is 0 Å². The molecule has 0 spiro atoms. The highest BCUT2D eigenvalue weighted by atomic mass is 16.1. The molecule has 0 unspecified atom stereocenters. The van der Waals surface area contributed by atoms with E-state index >= 15 is 0 Å². The zero-order chi connectivity index (χ0) is 13.9. The highest BCUT2D eigenvalue weighted by Crippen LogP contribution is 2.29. The summed E-state index contributed by atoms with van der Waals surface area (Å²) in [5.74, 6) is 1.22. The molecule has 0 amide bonds.